The van der Waals surface area contributed by atoms with Crippen LogP contribution in [0.25, 0.3) is 0 Å². The lowest BCUT2D eigenvalue weighted by Gasteiger charge is -2.58. The number of piperazine rings is 1. The molecule has 4 atom stereocenters. The van der Waals surface area contributed by atoms with Crippen molar-refractivity contribution in [3.63, 3.8) is 0 Å². The van der Waals surface area contributed by atoms with Crippen LogP contribution in [0.1, 0.15) is 38.7 Å². The van der Waals surface area contributed by atoms with Gasteiger partial charge in [-0.25, -0.2) is 0 Å². The number of rotatable bonds is 3. The standard InChI is InChI=1S/C21H29N3O3S2Si/c1-19(2,3)30(5,6)27-12-21-18(26)24-16-14(13-9-7-8-10-15(13)22-16)11-20(24,28-29-21)17(25)23(21)4/h7-10,14,16,22H,11-12H2,1-6H3/t14-,16-,20+,21+/m0/s1. The summed E-state index contributed by atoms with van der Waals surface area (Å²) in [4.78, 5) is 29.3. The van der Waals surface area contributed by atoms with Crippen LogP contribution >= 0.6 is 21.6 Å². The first kappa shape index (κ1) is 20.7. The van der Waals surface area contributed by atoms with E-state index in [0.29, 0.717) is 6.42 Å². The number of anilines is 1. The minimum absolute atomic E-state index is 0.000125. The highest BCUT2D eigenvalue weighted by atomic mass is 33.1. The Hall–Kier alpha value is -1.16. The van der Waals surface area contributed by atoms with Gasteiger partial charge in [0, 0.05) is 25.1 Å². The molecule has 6 nitrogen and oxygen atoms in total. The first-order valence-corrected chi connectivity index (χ1v) is 15.5. The van der Waals surface area contributed by atoms with E-state index in [2.05, 4.69) is 51.3 Å². The molecule has 0 unspecified atom stereocenters. The Morgan fingerprint density at radius 1 is 1.20 bits per heavy atom. The van der Waals surface area contributed by atoms with Gasteiger partial charge in [-0.15, -0.1) is 0 Å². The van der Waals surface area contributed by atoms with Crippen molar-refractivity contribution in [2.75, 3.05) is 19.0 Å². The van der Waals surface area contributed by atoms with Gasteiger partial charge in [-0.3, -0.25) is 14.5 Å². The lowest BCUT2D eigenvalue weighted by atomic mass is 9.95. The highest BCUT2D eigenvalue weighted by Gasteiger charge is 2.74. The Morgan fingerprint density at radius 2 is 1.90 bits per heavy atom. The maximum atomic E-state index is 14.0. The number of nitrogens with zero attached hydrogens (tertiary/aromatic N) is 2. The molecule has 1 N–H and O–H groups in total. The molecule has 0 radical (unpaired) electrons. The number of likely N-dealkylation sites (N-methyl/N-ethyl adjacent to an activating group) is 1. The quantitative estimate of drug-likeness (QED) is 0.539. The normalized spacial score (nSPS) is 34.7. The van der Waals surface area contributed by atoms with Crippen LogP contribution in [0, 0.1) is 0 Å². The third kappa shape index (κ3) is 2.43. The Kier molecular flexibility index (Phi) is 4.29. The molecule has 2 amide bonds. The monoisotopic (exact) mass is 463 g/mol. The summed E-state index contributed by atoms with van der Waals surface area (Å²) in [7, 11) is 2.78. The predicted molar refractivity (Wildman–Crippen MR) is 125 cm³/mol. The molecular weight excluding hydrogens is 434 g/mol. The summed E-state index contributed by atoms with van der Waals surface area (Å²) in [6, 6.07) is 8.20. The van der Waals surface area contributed by atoms with Crippen molar-refractivity contribution in [3.05, 3.63) is 29.8 Å². The zero-order valence-corrected chi connectivity index (χ0v) is 20.9. The van der Waals surface area contributed by atoms with Crippen molar-refractivity contribution < 1.29 is 14.0 Å². The first-order chi connectivity index (χ1) is 13.9. The van der Waals surface area contributed by atoms with Gasteiger partial charge in [0.2, 0.25) is 4.87 Å². The summed E-state index contributed by atoms with van der Waals surface area (Å²) < 4.78 is 6.50. The van der Waals surface area contributed by atoms with Crippen LogP contribution in [-0.2, 0) is 14.0 Å². The van der Waals surface area contributed by atoms with E-state index in [0.717, 1.165) is 5.69 Å². The van der Waals surface area contributed by atoms with Gasteiger partial charge >= 0.3 is 0 Å². The minimum atomic E-state index is -2.08. The fraction of sp³-hybridized carbons (Fsp3) is 0.619. The molecule has 6 rings (SSSR count). The van der Waals surface area contributed by atoms with Crippen LogP contribution in [0.2, 0.25) is 18.1 Å². The highest BCUT2D eigenvalue weighted by molar-refractivity contribution is 8.78. The van der Waals surface area contributed by atoms with Crippen molar-refractivity contribution in [2.24, 2.45) is 0 Å². The highest BCUT2D eigenvalue weighted by Crippen LogP contribution is 2.67. The molecule has 5 aliphatic rings. The molecule has 162 valence electrons. The zero-order valence-electron chi connectivity index (χ0n) is 18.3. The average Bonchev–Trinajstić information content (AvgIpc) is 3.19. The first-order valence-electron chi connectivity index (χ1n) is 10.4. The number of amides is 2. The number of benzene rings is 1. The largest absolute Gasteiger partial charge is 0.413 e. The number of hydrogen-bond donors (Lipinski definition) is 1. The molecule has 4 fully saturated rings. The Labute approximate surface area is 187 Å². The van der Waals surface area contributed by atoms with Crippen molar-refractivity contribution in [1.82, 2.24) is 9.80 Å². The van der Waals surface area contributed by atoms with Crippen molar-refractivity contribution in [2.45, 2.75) is 67.1 Å². The lowest BCUT2D eigenvalue weighted by molar-refractivity contribution is -0.166. The van der Waals surface area contributed by atoms with Crippen molar-refractivity contribution in [3.8, 4) is 0 Å². The topological polar surface area (TPSA) is 61.9 Å². The van der Waals surface area contributed by atoms with Gasteiger partial charge in [-0.2, -0.15) is 0 Å². The van der Waals surface area contributed by atoms with E-state index in [1.165, 1.54) is 16.4 Å². The van der Waals surface area contributed by atoms with Gasteiger partial charge in [-0.05, 0) is 40.6 Å². The second-order valence-corrected chi connectivity index (χ2v) is 17.8. The number of nitrogens with one attached hydrogen (secondary N) is 1. The molecule has 1 aromatic carbocycles. The molecule has 5 heterocycles. The Morgan fingerprint density at radius 3 is 2.60 bits per heavy atom. The number of hydrogen-bond acceptors (Lipinski definition) is 6. The molecule has 1 aromatic rings. The molecule has 0 aromatic heterocycles. The van der Waals surface area contributed by atoms with Gasteiger partial charge in [0.25, 0.3) is 11.8 Å². The van der Waals surface area contributed by atoms with Gasteiger partial charge < -0.3 is 14.6 Å². The predicted octanol–water partition coefficient (Wildman–Crippen LogP) is 4.04. The van der Waals surface area contributed by atoms with E-state index in [9.17, 15) is 9.59 Å². The summed E-state index contributed by atoms with van der Waals surface area (Å²) in [5.74, 6) is 0.157. The summed E-state index contributed by atoms with van der Waals surface area (Å²) in [6.45, 7) is 11.2. The summed E-state index contributed by atoms with van der Waals surface area (Å²) >= 11 is 0. The van der Waals surface area contributed by atoms with E-state index < -0.39 is 18.1 Å². The maximum Gasteiger partial charge on any atom is 0.265 e. The molecule has 2 bridgehead atoms. The van der Waals surface area contributed by atoms with Crippen LogP contribution in [-0.4, -0.2) is 59.5 Å². The number of fused-ring (bicyclic) bond motifs is 5. The average molecular weight is 464 g/mol. The zero-order chi connectivity index (χ0) is 21.7. The van der Waals surface area contributed by atoms with Crippen molar-refractivity contribution in [1.29, 1.82) is 0 Å². The number of carbonyl (C=O) groups excluding carboxylic acids is 2. The summed E-state index contributed by atoms with van der Waals surface area (Å²) in [5.41, 5.74) is 2.27. The molecule has 0 aliphatic carbocycles. The van der Waals surface area contributed by atoms with Crippen LogP contribution in [0.3, 0.4) is 0 Å². The minimum Gasteiger partial charge on any atom is -0.413 e. The fourth-order valence-corrected chi connectivity index (χ4v) is 9.49. The molecule has 0 saturated carbocycles. The summed E-state index contributed by atoms with van der Waals surface area (Å²) in [5, 5.41) is 3.57. The van der Waals surface area contributed by atoms with E-state index in [-0.39, 0.29) is 35.5 Å². The SMILES string of the molecule is CN1C(=O)[C@]23C[C@H]4c5ccccc5N[C@H]4N2C(=O)[C@@]1(CO[Si](C)(C)C(C)(C)C)SS3. The van der Waals surface area contributed by atoms with Crippen LogP contribution < -0.4 is 5.32 Å². The molecule has 5 aliphatic heterocycles. The van der Waals surface area contributed by atoms with E-state index in [4.69, 9.17) is 4.43 Å². The fourth-order valence-electron chi connectivity index (χ4n) is 4.72. The van der Waals surface area contributed by atoms with Crippen LogP contribution in [0.15, 0.2) is 24.3 Å². The second-order valence-electron chi connectivity index (χ2n) is 10.3. The van der Waals surface area contributed by atoms with Crippen molar-refractivity contribution >= 4 is 47.4 Å². The lowest BCUT2D eigenvalue weighted by Crippen LogP contribution is -2.77. The molecule has 9 heteroatoms. The smallest absolute Gasteiger partial charge is 0.265 e. The van der Waals surface area contributed by atoms with Gasteiger partial charge in [0.1, 0.15) is 6.17 Å². The van der Waals surface area contributed by atoms with E-state index in [1.54, 1.807) is 22.7 Å². The summed E-state index contributed by atoms with van der Waals surface area (Å²) in [6.07, 6.45) is 0.473. The second kappa shape index (κ2) is 6.21. The maximum absolute atomic E-state index is 14.0. The Bertz CT molecular complexity index is 952. The Balaban J connectivity index is 1.51. The molecular formula is C21H29N3O3S2Si. The number of para-hydroxylation sites is 1. The van der Waals surface area contributed by atoms with Gasteiger partial charge in [0.05, 0.1) is 6.61 Å². The van der Waals surface area contributed by atoms with Crippen LogP contribution in [0.5, 0.6) is 0 Å². The number of carbonyl (C=O) groups is 2. The molecule has 30 heavy (non-hydrogen) atoms. The third-order valence-corrected chi connectivity index (χ3v) is 15.8. The van der Waals surface area contributed by atoms with Gasteiger partial charge in [-0.1, -0.05) is 49.8 Å². The van der Waals surface area contributed by atoms with Crippen LogP contribution in [0.4, 0.5) is 5.69 Å². The molecule has 4 saturated heterocycles. The van der Waals surface area contributed by atoms with E-state index in [1.807, 2.05) is 17.0 Å². The molecule has 1 spiro atoms. The third-order valence-electron chi connectivity index (χ3n) is 7.69. The van der Waals surface area contributed by atoms with E-state index >= 15 is 0 Å². The van der Waals surface area contributed by atoms with Gasteiger partial charge in [0.15, 0.2) is 13.2 Å².